The van der Waals surface area contributed by atoms with Gasteiger partial charge in [0, 0.05) is 30.1 Å². The lowest BCUT2D eigenvalue weighted by Gasteiger charge is -2.34. The summed E-state index contributed by atoms with van der Waals surface area (Å²) in [7, 11) is 2.28. The van der Waals surface area contributed by atoms with E-state index in [4.69, 9.17) is 9.51 Å². The van der Waals surface area contributed by atoms with Crippen LogP contribution in [0, 0.1) is 0 Å². The molecule has 4 bridgehead atoms. The highest BCUT2D eigenvalue weighted by atomic mass is 16.5. The molecule has 21 heavy (non-hydrogen) atoms. The smallest absolute Gasteiger partial charge is 0.231 e. The van der Waals surface area contributed by atoms with Crippen LogP contribution in [0.1, 0.15) is 68.5 Å². The molecule has 0 spiro atoms. The molecule has 5 unspecified atom stereocenters. The highest BCUT2D eigenvalue weighted by molar-refractivity contribution is 5.12. The van der Waals surface area contributed by atoms with Gasteiger partial charge in [-0.15, -0.1) is 0 Å². The number of hydrogen-bond acceptors (Lipinski definition) is 5. The van der Waals surface area contributed by atoms with E-state index in [1.165, 1.54) is 44.9 Å². The summed E-state index contributed by atoms with van der Waals surface area (Å²) in [4.78, 5) is 7.39. The molecule has 4 fully saturated rings. The standard InChI is InChI=1S/C16H24N4O/c1-20-11-3-4-12(20)7-9(6-11)15-18-16(21-19-15)13-8-10-2-5-14(13)17-10/h9-14,17H,2-8H2,1H3. The summed E-state index contributed by atoms with van der Waals surface area (Å²) in [6.07, 6.45) is 8.89. The molecule has 1 N–H and O–H groups in total. The second kappa shape index (κ2) is 4.53. The van der Waals surface area contributed by atoms with E-state index in [1.807, 2.05) is 0 Å². The minimum absolute atomic E-state index is 0.466. The van der Waals surface area contributed by atoms with Gasteiger partial charge in [-0.1, -0.05) is 5.16 Å². The number of rotatable bonds is 2. The minimum Gasteiger partial charge on any atom is -0.339 e. The van der Waals surface area contributed by atoms with E-state index in [0.717, 1.165) is 23.8 Å². The van der Waals surface area contributed by atoms with Crippen molar-refractivity contribution in [3.63, 3.8) is 0 Å². The quantitative estimate of drug-likeness (QED) is 0.902. The van der Waals surface area contributed by atoms with Crippen molar-refractivity contribution in [2.45, 2.75) is 80.9 Å². The molecule has 5 nitrogen and oxygen atoms in total. The van der Waals surface area contributed by atoms with Crippen LogP contribution in [0.3, 0.4) is 0 Å². The van der Waals surface area contributed by atoms with Gasteiger partial charge in [0.1, 0.15) is 0 Å². The van der Waals surface area contributed by atoms with Crippen molar-refractivity contribution < 1.29 is 4.52 Å². The Labute approximate surface area is 125 Å². The summed E-state index contributed by atoms with van der Waals surface area (Å²) in [6, 6.07) is 2.74. The SMILES string of the molecule is CN1C2CCC1CC(c1noc(C3CC4CCC3N4)n1)C2. The summed E-state index contributed by atoms with van der Waals surface area (Å²) in [5.41, 5.74) is 0. The van der Waals surface area contributed by atoms with E-state index in [1.54, 1.807) is 0 Å². The van der Waals surface area contributed by atoms with Gasteiger partial charge in [0.15, 0.2) is 5.82 Å². The van der Waals surface area contributed by atoms with Crippen LogP contribution in [0.25, 0.3) is 0 Å². The van der Waals surface area contributed by atoms with Crippen molar-refractivity contribution in [1.82, 2.24) is 20.4 Å². The number of aromatic nitrogens is 2. The Kier molecular flexibility index (Phi) is 2.71. The maximum absolute atomic E-state index is 5.66. The topological polar surface area (TPSA) is 54.2 Å². The van der Waals surface area contributed by atoms with Gasteiger partial charge in [0.05, 0.1) is 5.92 Å². The molecule has 0 amide bonds. The fourth-order valence-electron chi connectivity index (χ4n) is 5.28. The lowest BCUT2D eigenvalue weighted by atomic mass is 9.88. The largest absolute Gasteiger partial charge is 0.339 e. The Balaban J connectivity index is 1.35. The summed E-state index contributed by atoms with van der Waals surface area (Å²) < 4.78 is 5.66. The molecule has 5 heterocycles. The number of nitrogens with one attached hydrogen (secondary N) is 1. The molecule has 0 saturated carbocycles. The fraction of sp³-hybridized carbons (Fsp3) is 0.875. The summed E-state index contributed by atoms with van der Waals surface area (Å²) in [5, 5.41) is 8.02. The van der Waals surface area contributed by atoms with E-state index in [2.05, 4.69) is 22.4 Å². The second-order valence-corrected chi connectivity index (χ2v) is 7.60. The van der Waals surface area contributed by atoms with Crippen LogP contribution in [-0.2, 0) is 0 Å². The summed E-state index contributed by atoms with van der Waals surface area (Å²) >= 11 is 0. The molecule has 4 aliphatic heterocycles. The van der Waals surface area contributed by atoms with Gasteiger partial charge in [-0.25, -0.2) is 0 Å². The van der Waals surface area contributed by atoms with Crippen molar-refractivity contribution in [1.29, 1.82) is 0 Å². The van der Waals surface area contributed by atoms with E-state index >= 15 is 0 Å². The maximum Gasteiger partial charge on any atom is 0.231 e. The van der Waals surface area contributed by atoms with Crippen molar-refractivity contribution in [3.05, 3.63) is 11.7 Å². The van der Waals surface area contributed by atoms with Crippen LogP contribution in [0.15, 0.2) is 4.52 Å². The Morgan fingerprint density at radius 2 is 1.90 bits per heavy atom. The van der Waals surface area contributed by atoms with Gasteiger partial charge >= 0.3 is 0 Å². The zero-order valence-electron chi connectivity index (χ0n) is 12.7. The molecule has 1 aromatic heterocycles. The van der Waals surface area contributed by atoms with Crippen LogP contribution >= 0.6 is 0 Å². The molecule has 0 radical (unpaired) electrons. The molecule has 1 aromatic rings. The first-order valence-corrected chi connectivity index (χ1v) is 8.59. The van der Waals surface area contributed by atoms with Gasteiger partial charge in [-0.3, -0.25) is 0 Å². The van der Waals surface area contributed by atoms with Gasteiger partial charge in [-0.2, -0.15) is 4.98 Å². The predicted octanol–water partition coefficient (Wildman–Crippen LogP) is 2.02. The first-order chi connectivity index (χ1) is 10.3. The number of fused-ring (bicyclic) bond motifs is 4. The Morgan fingerprint density at radius 1 is 1.10 bits per heavy atom. The second-order valence-electron chi connectivity index (χ2n) is 7.60. The van der Waals surface area contributed by atoms with E-state index in [0.29, 0.717) is 23.9 Å². The van der Waals surface area contributed by atoms with Crippen LogP contribution in [0.2, 0.25) is 0 Å². The Hall–Kier alpha value is -0.940. The van der Waals surface area contributed by atoms with E-state index in [9.17, 15) is 0 Å². The Bertz CT molecular complexity index is 530. The highest BCUT2D eigenvalue weighted by Crippen LogP contribution is 2.43. The molecular weight excluding hydrogens is 264 g/mol. The lowest BCUT2D eigenvalue weighted by Crippen LogP contribution is -2.39. The fourth-order valence-corrected chi connectivity index (χ4v) is 5.28. The van der Waals surface area contributed by atoms with Gasteiger partial charge in [-0.05, 0) is 52.0 Å². The average molecular weight is 288 g/mol. The van der Waals surface area contributed by atoms with Crippen LogP contribution in [-0.4, -0.2) is 46.3 Å². The van der Waals surface area contributed by atoms with Crippen molar-refractivity contribution >= 4 is 0 Å². The minimum atomic E-state index is 0.466. The zero-order chi connectivity index (χ0) is 14.0. The van der Waals surface area contributed by atoms with Gasteiger partial charge in [0.25, 0.3) is 0 Å². The molecule has 0 aromatic carbocycles. The molecular formula is C16H24N4O. The van der Waals surface area contributed by atoms with Gasteiger partial charge < -0.3 is 14.7 Å². The maximum atomic E-state index is 5.66. The van der Waals surface area contributed by atoms with Crippen LogP contribution in [0.5, 0.6) is 0 Å². The summed E-state index contributed by atoms with van der Waals surface area (Å²) in [5.74, 6) is 2.87. The zero-order valence-corrected chi connectivity index (χ0v) is 12.7. The Morgan fingerprint density at radius 3 is 2.57 bits per heavy atom. The van der Waals surface area contributed by atoms with Crippen molar-refractivity contribution in [3.8, 4) is 0 Å². The van der Waals surface area contributed by atoms with Crippen LogP contribution in [0.4, 0.5) is 0 Å². The number of hydrogen-bond donors (Lipinski definition) is 1. The van der Waals surface area contributed by atoms with E-state index < -0.39 is 0 Å². The third-order valence-corrected chi connectivity index (χ3v) is 6.54. The monoisotopic (exact) mass is 288 g/mol. The number of piperidine rings is 1. The third-order valence-electron chi connectivity index (χ3n) is 6.54. The van der Waals surface area contributed by atoms with Crippen LogP contribution < -0.4 is 5.32 Å². The van der Waals surface area contributed by atoms with Gasteiger partial charge in [0.2, 0.25) is 5.89 Å². The third kappa shape index (κ3) is 1.90. The van der Waals surface area contributed by atoms with Crippen molar-refractivity contribution in [2.24, 2.45) is 0 Å². The van der Waals surface area contributed by atoms with Crippen molar-refractivity contribution in [2.75, 3.05) is 7.05 Å². The molecule has 4 aliphatic rings. The molecule has 0 aliphatic carbocycles. The highest BCUT2D eigenvalue weighted by Gasteiger charge is 2.44. The molecule has 5 rings (SSSR count). The van der Waals surface area contributed by atoms with E-state index in [-0.39, 0.29) is 0 Å². The molecule has 114 valence electrons. The predicted molar refractivity (Wildman–Crippen MR) is 78.1 cm³/mol. The summed E-state index contributed by atoms with van der Waals surface area (Å²) in [6.45, 7) is 0. The molecule has 5 atom stereocenters. The normalized spacial score (nSPS) is 45.6. The average Bonchev–Trinajstić information content (AvgIpc) is 3.23. The first-order valence-electron chi connectivity index (χ1n) is 8.59. The lowest BCUT2D eigenvalue weighted by molar-refractivity contribution is 0.157. The number of nitrogens with zero attached hydrogens (tertiary/aromatic N) is 3. The molecule has 5 heteroatoms. The first kappa shape index (κ1) is 12.6. The molecule has 4 saturated heterocycles.